The number of thioether (sulfide) groups is 1. The monoisotopic (exact) mass is 274 g/mol. The molecular weight excluding hydrogens is 252 g/mol. The zero-order valence-corrected chi connectivity index (χ0v) is 12.0. The smallest absolute Gasteiger partial charge is 0.327 e. The molecule has 1 aliphatic heterocycles. The number of nitrogens with zero attached hydrogens (tertiary/aromatic N) is 1. The van der Waals surface area contributed by atoms with Crippen LogP contribution in [0, 0.1) is 0 Å². The molecule has 1 saturated heterocycles. The van der Waals surface area contributed by atoms with Crippen molar-refractivity contribution < 1.29 is 14.7 Å². The summed E-state index contributed by atoms with van der Waals surface area (Å²) in [5, 5.41) is 9.14. The third kappa shape index (κ3) is 2.64. The van der Waals surface area contributed by atoms with Crippen LogP contribution in [0.3, 0.4) is 0 Å². The average molecular weight is 274 g/mol. The Morgan fingerprint density at radius 2 is 1.94 bits per heavy atom. The fraction of sp³-hybridized carbons (Fsp3) is 0.833. The molecular formula is C12H22N2O3S. The molecule has 2 unspecified atom stereocenters. The molecule has 3 N–H and O–H groups in total. The van der Waals surface area contributed by atoms with Crippen LogP contribution in [-0.2, 0) is 9.59 Å². The van der Waals surface area contributed by atoms with Gasteiger partial charge in [-0.1, -0.05) is 20.8 Å². The van der Waals surface area contributed by atoms with Crippen molar-refractivity contribution >= 4 is 23.6 Å². The number of amides is 1. The molecule has 1 heterocycles. The van der Waals surface area contributed by atoms with Gasteiger partial charge in [0, 0.05) is 5.75 Å². The Labute approximate surface area is 112 Å². The maximum absolute atomic E-state index is 12.5. The van der Waals surface area contributed by atoms with Crippen LogP contribution in [0.15, 0.2) is 0 Å². The highest BCUT2D eigenvalue weighted by Gasteiger charge is 2.46. The molecule has 18 heavy (non-hydrogen) atoms. The van der Waals surface area contributed by atoms with E-state index in [0.717, 1.165) is 6.42 Å². The highest BCUT2D eigenvalue weighted by atomic mass is 32.2. The number of aliphatic carboxylic acids is 1. The molecule has 1 aliphatic rings. The van der Waals surface area contributed by atoms with E-state index in [9.17, 15) is 14.7 Å². The van der Waals surface area contributed by atoms with Crippen LogP contribution in [0.4, 0.5) is 0 Å². The van der Waals surface area contributed by atoms with E-state index >= 15 is 0 Å². The van der Waals surface area contributed by atoms with Gasteiger partial charge in [-0.2, -0.15) is 0 Å². The second-order valence-corrected chi connectivity index (χ2v) is 5.84. The molecule has 2 atom stereocenters. The predicted molar refractivity (Wildman–Crippen MR) is 72.3 cm³/mol. The Bertz CT molecular complexity index is 331. The zero-order chi connectivity index (χ0) is 13.9. The second kappa shape index (κ2) is 5.93. The second-order valence-electron chi connectivity index (χ2n) is 4.63. The number of rotatable bonds is 5. The van der Waals surface area contributed by atoms with Gasteiger partial charge in [0.25, 0.3) is 0 Å². The van der Waals surface area contributed by atoms with E-state index in [4.69, 9.17) is 5.73 Å². The van der Waals surface area contributed by atoms with Gasteiger partial charge < -0.3 is 15.7 Å². The molecule has 0 bridgehead atoms. The van der Waals surface area contributed by atoms with Crippen molar-refractivity contribution in [2.75, 3.05) is 5.75 Å². The van der Waals surface area contributed by atoms with Crippen molar-refractivity contribution in [1.82, 2.24) is 4.90 Å². The fourth-order valence-corrected chi connectivity index (χ4v) is 3.50. The van der Waals surface area contributed by atoms with E-state index in [2.05, 4.69) is 0 Å². The van der Waals surface area contributed by atoms with E-state index in [0.29, 0.717) is 18.6 Å². The summed E-state index contributed by atoms with van der Waals surface area (Å²) in [7, 11) is 0. The number of nitrogens with two attached hydrogens (primary N) is 1. The van der Waals surface area contributed by atoms with Crippen molar-refractivity contribution in [3.8, 4) is 0 Å². The molecule has 6 heteroatoms. The van der Waals surface area contributed by atoms with Gasteiger partial charge in [0.15, 0.2) is 0 Å². The number of carbonyl (C=O) groups excluding carboxylic acids is 1. The van der Waals surface area contributed by atoms with Crippen LogP contribution in [0.5, 0.6) is 0 Å². The molecule has 0 aromatic carbocycles. The van der Waals surface area contributed by atoms with E-state index < -0.39 is 17.6 Å². The summed E-state index contributed by atoms with van der Waals surface area (Å²) in [4.78, 5) is 25.3. The molecule has 1 rings (SSSR count). The first-order valence-electron chi connectivity index (χ1n) is 6.37. The normalized spacial score (nSPS) is 24.3. The maximum atomic E-state index is 12.5. The van der Waals surface area contributed by atoms with Gasteiger partial charge in [-0.05, 0) is 19.3 Å². The predicted octanol–water partition coefficient (Wildman–Crippen LogP) is 1.27. The summed E-state index contributed by atoms with van der Waals surface area (Å²) in [5.41, 5.74) is 5.17. The van der Waals surface area contributed by atoms with Crippen LogP contribution in [0.2, 0.25) is 0 Å². The Morgan fingerprint density at radius 1 is 1.39 bits per heavy atom. The average Bonchev–Trinajstić information content (AvgIpc) is 2.80. The lowest BCUT2D eigenvalue weighted by molar-refractivity contribution is -0.151. The highest BCUT2D eigenvalue weighted by molar-refractivity contribution is 8.00. The maximum Gasteiger partial charge on any atom is 0.327 e. The number of hydrogen-bond donors (Lipinski definition) is 2. The molecule has 1 amide bonds. The lowest BCUT2D eigenvalue weighted by Crippen LogP contribution is -2.59. The summed E-state index contributed by atoms with van der Waals surface area (Å²) >= 11 is 1.52. The standard InChI is InChI=1S/C12H22N2O3S/c1-4-9-14(8(7-18-9)10(15)16)11(17)12(13,5-2)6-3/h8-9H,4-7,13H2,1-3H3,(H,15,16). The first-order valence-corrected chi connectivity index (χ1v) is 7.42. The molecule has 0 aromatic heterocycles. The van der Waals surface area contributed by atoms with Crippen molar-refractivity contribution in [2.24, 2.45) is 5.73 Å². The van der Waals surface area contributed by atoms with Gasteiger partial charge in [-0.25, -0.2) is 4.79 Å². The topological polar surface area (TPSA) is 83.6 Å². The largest absolute Gasteiger partial charge is 0.480 e. The first kappa shape index (κ1) is 15.3. The zero-order valence-electron chi connectivity index (χ0n) is 11.2. The summed E-state index contributed by atoms with van der Waals surface area (Å²) in [6.07, 6.45) is 1.78. The van der Waals surface area contributed by atoms with Crippen molar-refractivity contribution in [3.05, 3.63) is 0 Å². The first-order chi connectivity index (χ1) is 8.41. The third-order valence-corrected chi connectivity index (χ3v) is 5.10. The quantitative estimate of drug-likeness (QED) is 0.788. The molecule has 0 aliphatic carbocycles. The van der Waals surface area contributed by atoms with Gasteiger partial charge in [-0.15, -0.1) is 11.8 Å². The summed E-state index contributed by atoms with van der Waals surface area (Å²) < 4.78 is 0. The SMILES string of the molecule is CCC1SCC(C(=O)O)N1C(=O)C(N)(CC)CC. The molecule has 0 saturated carbocycles. The molecule has 5 nitrogen and oxygen atoms in total. The molecule has 1 fully saturated rings. The van der Waals surface area contributed by atoms with E-state index in [1.807, 2.05) is 20.8 Å². The van der Waals surface area contributed by atoms with Crippen molar-refractivity contribution in [1.29, 1.82) is 0 Å². The Kier molecular flexibility index (Phi) is 5.04. The molecule has 104 valence electrons. The van der Waals surface area contributed by atoms with Gasteiger partial charge in [0.05, 0.1) is 10.9 Å². The summed E-state index contributed by atoms with van der Waals surface area (Å²) in [6, 6.07) is -0.742. The van der Waals surface area contributed by atoms with Crippen LogP contribution in [-0.4, -0.2) is 44.6 Å². The van der Waals surface area contributed by atoms with Gasteiger partial charge >= 0.3 is 5.97 Å². The Hall–Kier alpha value is -0.750. The molecule has 0 spiro atoms. The third-order valence-electron chi connectivity index (χ3n) is 3.65. The van der Waals surface area contributed by atoms with Crippen molar-refractivity contribution in [2.45, 2.75) is 57.0 Å². The van der Waals surface area contributed by atoms with E-state index in [1.165, 1.54) is 16.7 Å². The number of carboxylic acids is 1. The molecule has 0 aromatic rings. The Morgan fingerprint density at radius 3 is 2.33 bits per heavy atom. The van der Waals surface area contributed by atoms with Crippen molar-refractivity contribution in [3.63, 3.8) is 0 Å². The summed E-state index contributed by atoms with van der Waals surface area (Å²) in [5.74, 6) is -0.721. The molecule has 0 radical (unpaired) electrons. The van der Waals surface area contributed by atoms with Gasteiger partial charge in [-0.3, -0.25) is 4.79 Å². The number of carboxylic acid groups (broad SMARTS) is 1. The van der Waals surface area contributed by atoms with Crippen LogP contribution >= 0.6 is 11.8 Å². The van der Waals surface area contributed by atoms with Crippen LogP contribution in [0.25, 0.3) is 0 Å². The lowest BCUT2D eigenvalue weighted by Gasteiger charge is -2.35. The van der Waals surface area contributed by atoms with Gasteiger partial charge in [0.2, 0.25) is 5.91 Å². The Balaban J connectivity index is 3.01. The van der Waals surface area contributed by atoms with E-state index in [1.54, 1.807) is 0 Å². The lowest BCUT2D eigenvalue weighted by atomic mass is 9.91. The summed E-state index contributed by atoms with van der Waals surface area (Å²) in [6.45, 7) is 5.68. The minimum atomic E-state index is -0.943. The highest BCUT2D eigenvalue weighted by Crippen LogP contribution is 2.34. The fourth-order valence-electron chi connectivity index (χ4n) is 2.15. The minimum absolute atomic E-state index is 0.0698. The van der Waals surface area contributed by atoms with Crippen LogP contribution < -0.4 is 5.73 Å². The number of carbonyl (C=O) groups is 2. The van der Waals surface area contributed by atoms with Gasteiger partial charge in [0.1, 0.15) is 6.04 Å². The van der Waals surface area contributed by atoms with Crippen LogP contribution in [0.1, 0.15) is 40.0 Å². The minimum Gasteiger partial charge on any atom is -0.480 e. The van der Waals surface area contributed by atoms with E-state index in [-0.39, 0.29) is 11.3 Å². The number of hydrogen-bond acceptors (Lipinski definition) is 4.